The first kappa shape index (κ1) is 24.7. The summed E-state index contributed by atoms with van der Waals surface area (Å²) in [4.78, 5) is 6.17. The summed E-state index contributed by atoms with van der Waals surface area (Å²) in [5, 5.41) is 29.8. The SMILES string of the molecule is OC1(c2ccsc2-c2sccc2C2(O)c3ccccc3Sc3ccccc32)c2ccccc2Sc2ccccc21. The van der Waals surface area contributed by atoms with Crippen LogP contribution < -0.4 is 0 Å². The molecule has 2 aliphatic heterocycles. The summed E-state index contributed by atoms with van der Waals surface area (Å²) in [5.41, 5.74) is 2.60. The van der Waals surface area contributed by atoms with Gasteiger partial charge in [0.05, 0.1) is 9.75 Å². The first-order valence-corrected chi connectivity index (χ1v) is 16.3. The molecular formula is C34H22O2S4. The molecule has 0 fully saturated rings. The van der Waals surface area contributed by atoms with Crippen LogP contribution >= 0.6 is 46.2 Å². The number of hydrogen-bond donors (Lipinski definition) is 2. The third-order valence-electron chi connectivity index (χ3n) is 7.86. The van der Waals surface area contributed by atoms with E-state index in [2.05, 4.69) is 47.2 Å². The maximum Gasteiger partial charge on any atom is 0.144 e. The molecule has 4 heterocycles. The van der Waals surface area contributed by atoms with E-state index in [4.69, 9.17) is 0 Å². The summed E-state index contributed by atoms with van der Waals surface area (Å²) in [7, 11) is 0. The van der Waals surface area contributed by atoms with Gasteiger partial charge in [-0.15, -0.1) is 22.7 Å². The van der Waals surface area contributed by atoms with Crippen LogP contribution in [0.1, 0.15) is 33.4 Å². The van der Waals surface area contributed by atoms with Crippen molar-refractivity contribution in [1.29, 1.82) is 0 Å². The van der Waals surface area contributed by atoms with Gasteiger partial charge < -0.3 is 10.2 Å². The molecule has 6 heteroatoms. The third kappa shape index (κ3) is 3.38. The van der Waals surface area contributed by atoms with Gasteiger partial charge in [-0.1, -0.05) is 96.3 Å². The Kier molecular flexibility index (Phi) is 5.68. The van der Waals surface area contributed by atoms with Gasteiger partial charge in [0, 0.05) is 53.0 Å². The summed E-state index contributed by atoms with van der Waals surface area (Å²) in [6.07, 6.45) is 0. The molecule has 0 saturated heterocycles. The number of benzene rings is 4. The summed E-state index contributed by atoms with van der Waals surface area (Å²) in [6, 6.07) is 36.7. The van der Waals surface area contributed by atoms with E-state index in [0.29, 0.717) is 0 Å². The minimum absolute atomic E-state index is 0.844. The second kappa shape index (κ2) is 9.21. The minimum Gasteiger partial charge on any atom is -0.376 e. The average Bonchev–Trinajstić information content (AvgIpc) is 3.68. The van der Waals surface area contributed by atoms with Crippen LogP contribution in [0.4, 0.5) is 0 Å². The highest BCUT2D eigenvalue weighted by Crippen LogP contribution is 2.57. The van der Waals surface area contributed by atoms with E-state index in [-0.39, 0.29) is 0 Å². The van der Waals surface area contributed by atoms with Crippen LogP contribution in [0.5, 0.6) is 0 Å². The molecule has 0 amide bonds. The van der Waals surface area contributed by atoms with Crippen molar-refractivity contribution in [2.75, 3.05) is 0 Å². The van der Waals surface area contributed by atoms with Gasteiger partial charge in [0.15, 0.2) is 0 Å². The maximum absolute atomic E-state index is 12.8. The molecule has 4 aromatic carbocycles. The fraction of sp³-hybridized carbons (Fsp3) is 0.0588. The van der Waals surface area contributed by atoms with Crippen molar-refractivity contribution < 1.29 is 10.2 Å². The fourth-order valence-corrected chi connectivity index (χ4v) is 10.5. The predicted octanol–water partition coefficient (Wildman–Crippen LogP) is 8.97. The number of hydrogen-bond acceptors (Lipinski definition) is 6. The fourth-order valence-electron chi connectivity index (χ4n) is 6.07. The minimum atomic E-state index is -1.32. The summed E-state index contributed by atoms with van der Waals surface area (Å²) in [5.74, 6) is 0. The van der Waals surface area contributed by atoms with Crippen molar-refractivity contribution >= 4 is 46.2 Å². The van der Waals surface area contributed by atoms with Gasteiger partial charge in [0.25, 0.3) is 0 Å². The van der Waals surface area contributed by atoms with Crippen LogP contribution in [-0.4, -0.2) is 10.2 Å². The van der Waals surface area contributed by atoms with Gasteiger partial charge in [-0.25, -0.2) is 0 Å². The quantitative estimate of drug-likeness (QED) is 0.216. The first-order chi connectivity index (χ1) is 19.6. The number of fused-ring (bicyclic) bond motifs is 4. The zero-order valence-corrected chi connectivity index (χ0v) is 24.3. The van der Waals surface area contributed by atoms with Crippen LogP contribution in [0, 0.1) is 0 Å². The van der Waals surface area contributed by atoms with Crippen LogP contribution in [0.2, 0.25) is 0 Å². The van der Waals surface area contributed by atoms with E-state index >= 15 is 0 Å². The molecule has 194 valence electrons. The lowest BCUT2D eigenvalue weighted by molar-refractivity contribution is 0.117. The summed E-state index contributed by atoms with van der Waals surface area (Å²) >= 11 is 6.63. The molecule has 0 unspecified atom stereocenters. The molecule has 0 atom stereocenters. The van der Waals surface area contributed by atoms with E-state index in [9.17, 15) is 10.2 Å². The maximum atomic E-state index is 12.8. The van der Waals surface area contributed by atoms with Gasteiger partial charge in [0.1, 0.15) is 11.2 Å². The second-order valence-corrected chi connectivity index (χ2v) is 13.9. The van der Waals surface area contributed by atoms with Crippen molar-refractivity contribution in [3.05, 3.63) is 153 Å². The Balaban J connectivity index is 1.38. The molecule has 2 nitrogen and oxygen atoms in total. The third-order valence-corrected chi connectivity index (χ3v) is 12.2. The summed E-state index contributed by atoms with van der Waals surface area (Å²) < 4.78 is 0. The molecule has 40 heavy (non-hydrogen) atoms. The Morgan fingerprint density at radius 2 is 0.675 bits per heavy atom. The van der Waals surface area contributed by atoms with E-state index in [1.54, 1.807) is 46.2 Å². The Bertz CT molecular complexity index is 1690. The molecule has 8 rings (SSSR count). The lowest BCUT2D eigenvalue weighted by Crippen LogP contribution is -2.33. The largest absolute Gasteiger partial charge is 0.376 e. The molecule has 6 aromatic rings. The molecule has 2 aromatic heterocycles. The zero-order chi connectivity index (χ0) is 26.9. The molecular weight excluding hydrogens is 569 g/mol. The normalized spacial score (nSPS) is 15.9. The second-order valence-electron chi connectivity index (χ2n) is 9.94. The topological polar surface area (TPSA) is 40.5 Å². The molecule has 0 saturated carbocycles. The standard InChI is InChI=1S/C34H22O2S4/c35-33(21-9-1-5-13-27(21)39-28-14-6-2-10-22(28)33)25-17-19-37-31(25)32-26(18-20-38-32)34(36)23-11-3-7-15-29(23)40-30-16-8-4-12-24(30)34/h1-20,35-36H. The van der Waals surface area contributed by atoms with Crippen molar-refractivity contribution in [1.82, 2.24) is 0 Å². The molecule has 2 N–H and O–H groups in total. The van der Waals surface area contributed by atoms with E-state index < -0.39 is 11.2 Å². The monoisotopic (exact) mass is 590 g/mol. The Labute approximate surface area is 249 Å². The van der Waals surface area contributed by atoms with Crippen LogP contribution in [0.3, 0.4) is 0 Å². The van der Waals surface area contributed by atoms with E-state index in [1.165, 1.54) is 0 Å². The van der Waals surface area contributed by atoms with Gasteiger partial charge in [-0.05, 0) is 47.2 Å². The van der Waals surface area contributed by atoms with Gasteiger partial charge in [0.2, 0.25) is 0 Å². The van der Waals surface area contributed by atoms with Crippen molar-refractivity contribution in [2.45, 2.75) is 30.8 Å². The number of aliphatic hydroxyl groups is 2. The summed E-state index contributed by atoms with van der Waals surface area (Å²) in [6.45, 7) is 0. The van der Waals surface area contributed by atoms with Crippen LogP contribution in [0.25, 0.3) is 9.75 Å². The number of thiophene rings is 2. The zero-order valence-electron chi connectivity index (χ0n) is 21.1. The molecule has 0 spiro atoms. The predicted molar refractivity (Wildman–Crippen MR) is 166 cm³/mol. The Hall–Kier alpha value is -3.10. The average molecular weight is 591 g/mol. The highest BCUT2D eigenvalue weighted by atomic mass is 32.2. The van der Waals surface area contributed by atoms with Gasteiger partial charge in [-0.3, -0.25) is 0 Å². The Morgan fingerprint density at radius 1 is 0.375 bits per heavy atom. The smallest absolute Gasteiger partial charge is 0.144 e. The molecule has 0 radical (unpaired) electrons. The van der Waals surface area contributed by atoms with Crippen LogP contribution in [-0.2, 0) is 11.2 Å². The molecule has 0 aliphatic carbocycles. The van der Waals surface area contributed by atoms with Crippen molar-refractivity contribution in [2.24, 2.45) is 0 Å². The van der Waals surface area contributed by atoms with E-state index in [1.807, 2.05) is 72.8 Å². The van der Waals surface area contributed by atoms with E-state index in [0.717, 1.165) is 62.7 Å². The Morgan fingerprint density at radius 3 is 1.00 bits per heavy atom. The first-order valence-electron chi connectivity index (χ1n) is 12.9. The molecule has 0 bridgehead atoms. The lowest BCUT2D eigenvalue weighted by atomic mass is 9.77. The van der Waals surface area contributed by atoms with Crippen molar-refractivity contribution in [3.8, 4) is 9.75 Å². The van der Waals surface area contributed by atoms with Gasteiger partial charge >= 0.3 is 0 Å². The highest BCUT2D eigenvalue weighted by molar-refractivity contribution is 7.99. The molecule has 2 aliphatic rings. The number of rotatable bonds is 3. The van der Waals surface area contributed by atoms with Crippen LogP contribution in [0.15, 0.2) is 140 Å². The van der Waals surface area contributed by atoms with Crippen molar-refractivity contribution in [3.63, 3.8) is 0 Å². The van der Waals surface area contributed by atoms with Gasteiger partial charge in [-0.2, -0.15) is 0 Å². The lowest BCUT2D eigenvalue weighted by Gasteiger charge is -2.38. The highest BCUT2D eigenvalue weighted by Gasteiger charge is 2.46.